The number of hydrogen-bond acceptors (Lipinski definition) is 3. The average Bonchev–Trinajstić information content (AvgIpc) is 2.23. The molecule has 0 spiro atoms. The molecule has 0 radical (unpaired) electrons. The normalized spacial score (nSPS) is 12.0. The lowest BCUT2D eigenvalue weighted by atomic mass is 10.3. The first-order valence-electron chi connectivity index (χ1n) is 4.24. The molecule has 82 valence electrons. The molecular weight excluding hydrogens is 206 g/mol. The predicted molar refractivity (Wildman–Crippen MR) is 48.5 cm³/mol. The molecule has 1 atom stereocenters. The monoisotopic (exact) mass is 216 g/mol. The Morgan fingerprint density at radius 3 is 2.67 bits per heavy atom. The molecule has 0 saturated heterocycles. The molecule has 1 rings (SSSR count). The van der Waals surface area contributed by atoms with Crippen LogP contribution in [-0.2, 0) is 9.53 Å². The van der Waals surface area contributed by atoms with Gasteiger partial charge in [-0.3, -0.25) is 0 Å². The van der Waals surface area contributed by atoms with Crippen molar-refractivity contribution < 1.29 is 23.0 Å². The van der Waals surface area contributed by atoms with Gasteiger partial charge in [0.15, 0.2) is 17.7 Å². The lowest BCUT2D eigenvalue weighted by Gasteiger charge is -2.12. The van der Waals surface area contributed by atoms with E-state index >= 15 is 0 Å². The van der Waals surface area contributed by atoms with E-state index in [2.05, 4.69) is 4.74 Å². The molecule has 15 heavy (non-hydrogen) atoms. The van der Waals surface area contributed by atoms with E-state index < -0.39 is 23.7 Å². The van der Waals surface area contributed by atoms with Crippen molar-refractivity contribution >= 4 is 5.97 Å². The predicted octanol–water partition coefficient (Wildman–Crippen LogP) is 1.91. The Kier molecular flexibility index (Phi) is 3.60. The van der Waals surface area contributed by atoms with Gasteiger partial charge in [-0.25, -0.2) is 9.18 Å². The largest absolute Gasteiger partial charge is 0.476 e. The fraction of sp³-hybridized carbons (Fsp3) is 0.300. The lowest BCUT2D eigenvalue weighted by molar-refractivity contribution is -0.148. The van der Waals surface area contributed by atoms with Gasteiger partial charge in [-0.05, 0) is 19.1 Å². The third-order valence-electron chi connectivity index (χ3n) is 1.75. The Balaban J connectivity index is 2.81. The van der Waals surface area contributed by atoms with E-state index in [4.69, 9.17) is 4.74 Å². The van der Waals surface area contributed by atoms with Gasteiger partial charge in [0, 0.05) is 0 Å². The SMILES string of the molecule is COC(=O)C(C)Oc1cccc(F)c1F. The molecule has 1 unspecified atom stereocenters. The molecule has 0 aliphatic rings. The van der Waals surface area contributed by atoms with Crippen molar-refractivity contribution in [1.82, 2.24) is 0 Å². The Morgan fingerprint density at radius 1 is 1.40 bits per heavy atom. The van der Waals surface area contributed by atoms with Crippen LogP contribution in [0.2, 0.25) is 0 Å². The molecular formula is C10H10F2O3. The highest BCUT2D eigenvalue weighted by Crippen LogP contribution is 2.20. The van der Waals surface area contributed by atoms with E-state index in [-0.39, 0.29) is 5.75 Å². The summed E-state index contributed by atoms with van der Waals surface area (Å²) in [5, 5.41) is 0. The average molecular weight is 216 g/mol. The topological polar surface area (TPSA) is 35.5 Å². The summed E-state index contributed by atoms with van der Waals surface area (Å²) in [6.45, 7) is 1.39. The Hall–Kier alpha value is -1.65. The quantitative estimate of drug-likeness (QED) is 0.724. The number of benzene rings is 1. The van der Waals surface area contributed by atoms with E-state index in [1.165, 1.54) is 26.2 Å². The fourth-order valence-corrected chi connectivity index (χ4v) is 0.980. The van der Waals surface area contributed by atoms with Gasteiger partial charge in [-0.15, -0.1) is 0 Å². The summed E-state index contributed by atoms with van der Waals surface area (Å²) in [7, 11) is 1.18. The van der Waals surface area contributed by atoms with Crippen molar-refractivity contribution in [2.45, 2.75) is 13.0 Å². The number of esters is 1. The number of ether oxygens (including phenoxy) is 2. The van der Waals surface area contributed by atoms with Gasteiger partial charge in [-0.2, -0.15) is 4.39 Å². The molecule has 3 nitrogen and oxygen atoms in total. The Bertz CT molecular complexity index is 366. The first-order valence-corrected chi connectivity index (χ1v) is 4.24. The van der Waals surface area contributed by atoms with Crippen molar-refractivity contribution in [1.29, 1.82) is 0 Å². The van der Waals surface area contributed by atoms with Crippen LogP contribution < -0.4 is 4.74 Å². The van der Waals surface area contributed by atoms with E-state index in [0.717, 1.165) is 6.07 Å². The molecule has 0 N–H and O–H groups in total. The van der Waals surface area contributed by atoms with E-state index in [0.29, 0.717) is 0 Å². The second-order valence-electron chi connectivity index (χ2n) is 2.84. The lowest BCUT2D eigenvalue weighted by Crippen LogP contribution is -2.25. The minimum atomic E-state index is -1.12. The maximum atomic E-state index is 13.1. The van der Waals surface area contributed by atoms with Crippen molar-refractivity contribution in [3.63, 3.8) is 0 Å². The molecule has 0 saturated carbocycles. The number of hydrogen-bond donors (Lipinski definition) is 0. The first kappa shape index (κ1) is 11.4. The standard InChI is InChI=1S/C10H10F2O3/c1-6(10(13)14-2)15-8-5-3-4-7(11)9(8)12/h3-6H,1-2H3. The van der Waals surface area contributed by atoms with Gasteiger partial charge < -0.3 is 9.47 Å². The van der Waals surface area contributed by atoms with Gasteiger partial charge in [0.25, 0.3) is 0 Å². The molecule has 1 aromatic carbocycles. The Labute approximate surface area is 85.6 Å². The second kappa shape index (κ2) is 4.72. The van der Waals surface area contributed by atoms with E-state index in [1.54, 1.807) is 0 Å². The zero-order valence-electron chi connectivity index (χ0n) is 8.29. The first-order chi connectivity index (χ1) is 7.06. The molecule has 0 aliphatic carbocycles. The number of carbonyl (C=O) groups is 1. The number of carbonyl (C=O) groups excluding carboxylic acids is 1. The van der Waals surface area contributed by atoms with Crippen LogP contribution >= 0.6 is 0 Å². The van der Waals surface area contributed by atoms with E-state index in [1.807, 2.05) is 0 Å². The van der Waals surface area contributed by atoms with Crippen molar-refractivity contribution in [3.05, 3.63) is 29.8 Å². The summed E-state index contributed by atoms with van der Waals surface area (Å²) >= 11 is 0. The van der Waals surface area contributed by atoms with E-state index in [9.17, 15) is 13.6 Å². The van der Waals surface area contributed by atoms with Crippen LogP contribution in [0.1, 0.15) is 6.92 Å². The molecule has 0 fully saturated rings. The van der Waals surface area contributed by atoms with Crippen LogP contribution in [0.15, 0.2) is 18.2 Å². The van der Waals surface area contributed by atoms with Gasteiger partial charge in [-0.1, -0.05) is 6.07 Å². The van der Waals surface area contributed by atoms with Gasteiger partial charge in [0.05, 0.1) is 7.11 Å². The molecule has 5 heteroatoms. The summed E-state index contributed by atoms with van der Waals surface area (Å²) in [5.41, 5.74) is 0. The van der Waals surface area contributed by atoms with Gasteiger partial charge in [0.1, 0.15) is 0 Å². The highest BCUT2D eigenvalue weighted by molar-refractivity contribution is 5.74. The minimum absolute atomic E-state index is 0.312. The van der Waals surface area contributed by atoms with Gasteiger partial charge in [0.2, 0.25) is 5.82 Å². The third-order valence-corrected chi connectivity index (χ3v) is 1.75. The van der Waals surface area contributed by atoms with Crippen LogP contribution in [0, 0.1) is 11.6 Å². The zero-order valence-corrected chi connectivity index (χ0v) is 8.29. The molecule has 0 aromatic heterocycles. The maximum absolute atomic E-state index is 13.1. The molecule has 0 bridgehead atoms. The van der Waals surface area contributed by atoms with Crippen LogP contribution in [0.4, 0.5) is 8.78 Å². The smallest absolute Gasteiger partial charge is 0.346 e. The second-order valence-corrected chi connectivity index (χ2v) is 2.84. The third kappa shape index (κ3) is 2.65. The summed E-state index contributed by atoms with van der Waals surface area (Å²) in [5.74, 6) is -3.11. The highest BCUT2D eigenvalue weighted by Gasteiger charge is 2.18. The summed E-state index contributed by atoms with van der Waals surface area (Å²) < 4.78 is 35.1. The molecule has 1 aromatic rings. The molecule has 0 aliphatic heterocycles. The number of halogens is 2. The maximum Gasteiger partial charge on any atom is 0.346 e. The highest BCUT2D eigenvalue weighted by atomic mass is 19.2. The molecule has 0 heterocycles. The summed E-state index contributed by atoms with van der Waals surface area (Å²) in [4.78, 5) is 10.9. The van der Waals surface area contributed by atoms with Crippen LogP contribution in [0.5, 0.6) is 5.75 Å². The Morgan fingerprint density at radius 2 is 2.07 bits per heavy atom. The number of methoxy groups -OCH3 is 1. The van der Waals surface area contributed by atoms with Gasteiger partial charge >= 0.3 is 5.97 Å². The van der Waals surface area contributed by atoms with Crippen LogP contribution in [-0.4, -0.2) is 19.2 Å². The number of rotatable bonds is 3. The zero-order chi connectivity index (χ0) is 11.4. The molecule has 0 amide bonds. The fourth-order valence-electron chi connectivity index (χ4n) is 0.980. The minimum Gasteiger partial charge on any atom is -0.476 e. The summed E-state index contributed by atoms with van der Waals surface area (Å²) in [6.07, 6.45) is -0.980. The van der Waals surface area contributed by atoms with Crippen LogP contribution in [0.3, 0.4) is 0 Å². The van der Waals surface area contributed by atoms with Crippen molar-refractivity contribution in [2.24, 2.45) is 0 Å². The summed E-state index contributed by atoms with van der Waals surface area (Å²) in [6, 6.07) is 3.49. The van der Waals surface area contributed by atoms with Crippen molar-refractivity contribution in [2.75, 3.05) is 7.11 Å². The van der Waals surface area contributed by atoms with Crippen molar-refractivity contribution in [3.8, 4) is 5.75 Å². The van der Waals surface area contributed by atoms with Crippen LogP contribution in [0.25, 0.3) is 0 Å².